The molecule has 0 aliphatic rings. The number of hydrogen-bond acceptors (Lipinski definition) is 3. The number of rotatable bonds is 11. The normalized spacial score (nSPS) is 13.2. The molecule has 0 fully saturated rings. The summed E-state index contributed by atoms with van der Waals surface area (Å²) in [6, 6.07) is 37.8. The van der Waals surface area contributed by atoms with Crippen LogP contribution >= 0.6 is 0 Å². The molecule has 0 saturated heterocycles. The number of aromatic nitrogens is 4. The molecule has 0 N–H and O–H groups in total. The Morgan fingerprint density at radius 1 is 0.772 bits per heavy atom. The molecule has 6 heteroatoms. The number of aryl methyl sites for hydroxylation is 1. The van der Waals surface area contributed by atoms with Crippen molar-refractivity contribution in [1.82, 2.24) is 19.3 Å². The largest absolute Gasteiger partial charge is 2.00 e. The fourth-order valence-electron chi connectivity index (χ4n) is 8.23. The van der Waals surface area contributed by atoms with E-state index in [0.29, 0.717) is 23.3 Å². The first-order valence-corrected chi connectivity index (χ1v) is 20.5. The molecule has 3 heterocycles. The summed E-state index contributed by atoms with van der Waals surface area (Å²) in [7, 11) is 0. The first-order valence-electron chi connectivity index (χ1n) is 20.5. The van der Waals surface area contributed by atoms with Crippen LogP contribution in [0.25, 0.3) is 44.4 Å². The third-order valence-corrected chi connectivity index (χ3v) is 11.3. The van der Waals surface area contributed by atoms with Crippen LogP contribution < -0.4 is 4.74 Å². The number of hydrogen-bond donors (Lipinski definition) is 0. The van der Waals surface area contributed by atoms with Crippen molar-refractivity contribution in [1.29, 1.82) is 0 Å². The molecule has 298 valence electrons. The van der Waals surface area contributed by atoms with Crippen LogP contribution in [-0.2, 0) is 38.3 Å². The Balaban J connectivity index is 0.00000549. The summed E-state index contributed by atoms with van der Waals surface area (Å²) in [5, 5.41) is 7.43. The predicted octanol–water partition coefficient (Wildman–Crippen LogP) is 13.8. The van der Waals surface area contributed by atoms with E-state index in [1.165, 1.54) is 46.9 Å². The van der Waals surface area contributed by atoms with Gasteiger partial charge in [-0.15, -0.1) is 41.3 Å². The summed E-state index contributed by atoms with van der Waals surface area (Å²) in [5.74, 6) is 3.29. The molecule has 3 aromatic heterocycles. The van der Waals surface area contributed by atoms with Crippen LogP contribution in [0, 0.1) is 25.0 Å². The SMILES string of the molecule is CCCC(C)CC(C)c1ccc2c(c1)c1ccc(Oc3[c-]c(-n4nc(C)c(-c5ccccc5)c4CC)cc(C(C)(C)C)c3)[c-]c1n2-c1cc(C(C)(C)C)ccn1.[Pt+2]. The van der Waals surface area contributed by atoms with Crippen molar-refractivity contribution in [2.24, 2.45) is 5.92 Å². The Hall–Kier alpha value is -4.47. The summed E-state index contributed by atoms with van der Waals surface area (Å²) in [4.78, 5) is 4.94. The maximum atomic E-state index is 6.79. The quantitative estimate of drug-likeness (QED) is 0.121. The van der Waals surface area contributed by atoms with E-state index < -0.39 is 0 Å². The third kappa shape index (κ3) is 8.70. The Labute approximate surface area is 355 Å². The van der Waals surface area contributed by atoms with Crippen LogP contribution in [0.4, 0.5) is 0 Å². The molecule has 57 heavy (non-hydrogen) atoms. The Bertz CT molecular complexity index is 2500. The summed E-state index contributed by atoms with van der Waals surface area (Å²) < 4.78 is 11.1. The Morgan fingerprint density at radius 2 is 1.51 bits per heavy atom. The Kier molecular flexibility index (Phi) is 12.4. The summed E-state index contributed by atoms with van der Waals surface area (Å²) in [6.45, 7) is 24.7. The predicted molar refractivity (Wildman–Crippen MR) is 234 cm³/mol. The maximum absolute atomic E-state index is 6.79. The van der Waals surface area contributed by atoms with Gasteiger partial charge in [0.25, 0.3) is 0 Å². The molecule has 7 rings (SSSR count). The number of nitrogens with zero attached hydrogens (tertiary/aromatic N) is 4. The number of pyridine rings is 1. The van der Waals surface area contributed by atoms with Crippen LogP contribution in [0.3, 0.4) is 0 Å². The van der Waals surface area contributed by atoms with Crippen LogP contribution in [0.2, 0.25) is 0 Å². The van der Waals surface area contributed by atoms with Crippen molar-refractivity contribution in [2.45, 2.75) is 119 Å². The van der Waals surface area contributed by atoms with Gasteiger partial charge in [0.2, 0.25) is 0 Å². The van der Waals surface area contributed by atoms with E-state index in [1.807, 2.05) is 12.3 Å². The first kappa shape index (κ1) is 42.1. The van der Waals surface area contributed by atoms with Crippen LogP contribution in [0.1, 0.15) is 122 Å². The molecule has 5 nitrogen and oxygen atoms in total. The fraction of sp³-hybridized carbons (Fsp3) is 0.373. The van der Waals surface area contributed by atoms with Gasteiger partial charge in [0.1, 0.15) is 5.82 Å². The van der Waals surface area contributed by atoms with Gasteiger partial charge in [0, 0.05) is 34.5 Å². The van der Waals surface area contributed by atoms with Gasteiger partial charge in [-0.05, 0) is 88.4 Å². The van der Waals surface area contributed by atoms with Gasteiger partial charge >= 0.3 is 21.1 Å². The van der Waals surface area contributed by atoms with E-state index in [9.17, 15) is 0 Å². The van der Waals surface area contributed by atoms with Gasteiger partial charge in [0.15, 0.2) is 0 Å². The van der Waals surface area contributed by atoms with Gasteiger partial charge in [-0.3, -0.25) is 4.68 Å². The second-order valence-electron chi connectivity index (χ2n) is 17.9. The average molecular weight is 938 g/mol. The van der Waals surface area contributed by atoms with Crippen molar-refractivity contribution in [3.63, 3.8) is 0 Å². The summed E-state index contributed by atoms with van der Waals surface area (Å²) in [6.07, 6.45) is 6.41. The average Bonchev–Trinajstić information content (AvgIpc) is 3.67. The van der Waals surface area contributed by atoms with Crippen molar-refractivity contribution >= 4 is 21.8 Å². The topological polar surface area (TPSA) is 44.9 Å². The van der Waals surface area contributed by atoms with E-state index >= 15 is 0 Å². The zero-order chi connectivity index (χ0) is 39.9. The monoisotopic (exact) mass is 937 g/mol. The second kappa shape index (κ2) is 16.8. The zero-order valence-electron chi connectivity index (χ0n) is 35.7. The molecule has 0 aliphatic heterocycles. The van der Waals surface area contributed by atoms with Crippen molar-refractivity contribution in [3.8, 4) is 34.1 Å². The molecular weight excluding hydrogens is 880 g/mol. The van der Waals surface area contributed by atoms with Crippen LogP contribution in [0.5, 0.6) is 11.5 Å². The molecule has 0 saturated carbocycles. The molecule has 0 radical (unpaired) electrons. The fourth-order valence-corrected chi connectivity index (χ4v) is 8.23. The Morgan fingerprint density at radius 3 is 2.19 bits per heavy atom. The van der Waals surface area contributed by atoms with E-state index in [-0.39, 0.29) is 31.9 Å². The number of benzene rings is 4. The van der Waals surface area contributed by atoms with Crippen molar-refractivity contribution in [3.05, 3.63) is 131 Å². The molecule has 0 spiro atoms. The summed E-state index contributed by atoms with van der Waals surface area (Å²) in [5.41, 5.74) is 11.0. The molecular formula is C51H58N4OPt. The smallest absolute Gasteiger partial charge is 0.509 e. The number of fused-ring (bicyclic) bond motifs is 3. The summed E-state index contributed by atoms with van der Waals surface area (Å²) >= 11 is 0. The van der Waals surface area contributed by atoms with E-state index in [1.54, 1.807) is 0 Å². The van der Waals surface area contributed by atoms with E-state index in [0.717, 1.165) is 51.3 Å². The van der Waals surface area contributed by atoms with Crippen LogP contribution in [-0.4, -0.2) is 19.3 Å². The minimum atomic E-state index is -0.133. The van der Waals surface area contributed by atoms with Crippen molar-refractivity contribution in [2.75, 3.05) is 0 Å². The maximum Gasteiger partial charge on any atom is 2.00 e. The van der Waals surface area contributed by atoms with Gasteiger partial charge < -0.3 is 9.30 Å². The molecule has 0 amide bonds. The number of ether oxygens (including phenoxy) is 1. The minimum Gasteiger partial charge on any atom is -0.509 e. The molecule has 2 unspecified atom stereocenters. The first-order chi connectivity index (χ1) is 26.7. The van der Waals surface area contributed by atoms with Gasteiger partial charge in [-0.25, -0.2) is 4.98 Å². The van der Waals surface area contributed by atoms with E-state index in [2.05, 4.69) is 176 Å². The molecule has 0 bridgehead atoms. The molecule has 4 aromatic carbocycles. The standard InChI is InChI=1S/C51H58N4O.Pt/c1-12-17-33(3)26-34(4)37-20-23-46-44(27-37)43-22-21-41(32-47(43)54(46)48-30-38(24-25-52-48)50(6,7)8)56-42-29-39(51(9,10)11)28-40(31-42)55-45(13-2)49(35(5)53-55)36-18-15-14-16-19-36;/h14-16,18-25,27-30,33-34H,12-13,17,26H2,1-11H3;/q-2;+2. The van der Waals surface area contributed by atoms with Crippen LogP contribution in [0.15, 0.2) is 91.1 Å². The molecule has 2 atom stereocenters. The minimum absolute atomic E-state index is 0. The molecule has 7 aromatic rings. The van der Waals surface area contributed by atoms with E-state index in [4.69, 9.17) is 14.8 Å². The van der Waals surface area contributed by atoms with Crippen molar-refractivity contribution < 1.29 is 25.8 Å². The molecule has 0 aliphatic carbocycles. The van der Waals surface area contributed by atoms with Gasteiger partial charge in [-0.2, -0.15) is 11.2 Å². The zero-order valence-corrected chi connectivity index (χ0v) is 37.9. The third-order valence-electron chi connectivity index (χ3n) is 11.3. The second-order valence-corrected chi connectivity index (χ2v) is 17.9. The van der Waals surface area contributed by atoms with Gasteiger partial charge in [-0.1, -0.05) is 130 Å². The van der Waals surface area contributed by atoms with Gasteiger partial charge in [0.05, 0.1) is 5.69 Å².